The number of carbonyl (C=O) groups is 1. The quantitative estimate of drug-likeness (QED) is 0.0272. The molecule has 3 unspecified atom stereocenters. The highest BCUT2D eigenvalue weighted by Crippen LogP contribution is 2.38. The molecule has 0 rings (SSSR count). The highest BCUT2D eigenvalue weighted by molar-refractivity contribution is 7.45. The number of allylic oxidation sites excluding steroid dienone is 9. The van der Waals surface area contributed by atoms with Gasteiger partial charge < -0.3 is 28.8 Å². The molecule has 0 aromatic rings. The van der Waals surface area contributed by atoms with Gasteiger partial charge in [0, 0.05) is 6.42 Å². The van der Waals surface area contributed by atoms with Gasteiger partial charge in [0.25, 0.3) is 7.82 Å². The SMILES string of the molecule is CCCCC/C=C/CC/C=C/C(O)C(COP(=O)([O-])OCC[N+](C)(C)C)NC(=O)CCCCCCCCCCCCCCCCCCCC/C=C\C/C=C\C/C=C\CCCCCCC. The van der Waals surface area contributed by atoms with Crippen LogP contribution in [0.2, 0.25) is 0 Å². The molecular formula is C55H103N2O6P. The number of carbonyl (C=O) groups excluding carboxylic acids is 1. The second kappa shape index (κ2) is 46.3. The average molecular weight is 919 g/mol. The summed E-state index contributed by atoms with van der Waals surface area (Å²) in [6, 6.07) is -0.901. The molecule has 0 saturated heterocycles. The monoisotopic (exact) mass is 919 g/mol. The van der Waals surface area contributed by atoms with Crippen LogP contribution in [0.5, 0.6) is 0 Å². The van der Waals surface area contributed by atoms with Crippen LogP contribution in [0.4, 0.5) is 0 Å². The molecule has 8 nitrogen and oxygen atoms in total. The summed E-state index contributed by atoms with van der Waals surface area (Å²) >= 11 is 0. The Morgan fingerprint density at radius 1 is 0.547 bits per heavy atom. The minimum Gasteiger partial charge on any atom is -0.756 e. The van der Waals surface area contributed by atoms with Gasteiger partial charge in [0.15, 0.2) is 0 Å². The Kier molecular flexibility index (Phi) is 45.0. The molecule has 0 aromatic carbocycles. The van der Waals surface area contributed by atoms with E-state index >= 15 is 0 Å². The lowest BCUT2D eigenvalue weighted by Gasteiger charge is -2.29. The molecule has 1 amide bonds. The van der Waals surface area contributed by atoms with Crippen molar-refractivity contribution in [2.45, 2.75) is 244 Å². The fraction of sp³-hybridized carbons (Fsp3) is 0.800. The second-order valence-electron chi connectivity index (χ2n) is 19.2. The maximum atomic E-state index is 12.9. The molecule has 0 spiro atoms. The van der Waals surface area contributed by atoms with Gasteiger partial charge in [-0.15, -0.1) is 0 Å². The number of hydrogen-bond acceptors (Lipinski definition) is 6. The Morgan fingerprint density at radius 2 is 0.922 bits per heavy atom. The standard InChI is InChI=1S/C55H103N2O6P/c1-6-8-10-12-14-16-17-18-19-20-21-22-23-24-25-26-27-28-29-30-31-32-33-34-35-36-37-38-39-41-43-45-47-49-55(59)56-53(52-63-64(60,61)62-51-50-57(3,4)5)54(58)48-46-44-42-40-15-13-11-9-7-2/h15,17-18,20-21,23-24,40,46,48,53-54,58H,6-14,16,19,22,25-39,41-45,47,49-52H2,1-5H3,(H-,56,59,60,61)/b18-17-,21-20-,24-23-,40-15+,48-46+. The van der Waals surface area contributed by atoms with Crippen molar-refractivity contribution in [1.29, 1.82) is 0 Å². The highest BCUT2D eigenvalue weighted by atomic mass is 31.2. The van der Waals surface area contributed by atoms with Gasteiger partial charge >= 0.3 is 0 Å². The van der Waals surface area contributed by atoms with E-state index in [-0.39, 0.29) is 12.5 Å². The van der Waals surface area contributed by atoms with Crippen LogP contribution in [-0.4, -0.2) is 68.5 Å². The molecule has 0 aliphatic heterocycles. The molecule has 0 radical (unpaired) electrons. The molecule has 0 saturated carbocycles. The van der Waals surface area contributed by atoms with Crippen LogP contribution in [0.25, 0.3) is 0 Å². The van der Waals surface area contributed by atoms with Gasteiger partial charge in [0.2, 0.25) is 5.91 Å². The Balaban J connectivity index is 3.96. The summed E-state index contributed by atoms with van der Waals surface area (Å²) in [5, 5.41) is 13.7. The van der Waals surface area contributed by atoms with Gasteiger partial charge in [-0.2, -0.15) is 0 Å². The van der Waals surface area contributed by atoms with Gasteiger partial charge in [-0.1, -0.05) is 216 Å². The third-order valence-electron chi connectivity index (χ3n) is 11.7. The number of nitrogens with zero attached hydrogens (tertiary/aromatic N) is 1. The zero-order chi connectivity index (χ0) is 47.1. The van der Waals surface area contributed by atoms with Gasteiger partial charge in [0.05, 0.1) is 39.9 Å². The number of quaternary nitrogens is 1. The predicted octanol–water partition coefficient (Wildman–Crippen LogP) is 15.1. The summed E-state index contributed by atoms with van der Waals surface area (Å²) in [4.78, 5) is 25.3. The van der Waals surface area contributed by atoms with Crippen molar-refractivity contribution in [3.63, 3.8) is 0 Å². The Bertz CT molecular complexity index is 1230. The third kappa shape index (κ3) is 48.1. The molecule has 0 heterocycles. The van der Waals surface area contributed by atoms with Crippen LogP contribution in [0.1, 0.15) is 232 Å². The van der Waals surface area contributed by atoms with Crippen molar-refractivity contribution in [2.24, 2.45) is 0 Å². The first-order chi connectivity index (χ1) is 31.0. The lowest BCUT2D eigenvalue weighted by Crippen LogP contribution is -2.45. The van der Waals surface area contributed by atoms with Crippen LogP contribution in [-0.2, 0) is 18.4 Å². The van der Waals surface area contributed by atoms with Crippen LogP contribution in [0, 0.1) is 0 Å². The highest BCUT2D eigenvalue weighted by Gasteiger charge is 2.23. The zero-order valence-corrected chi connectivity index (χ0v) is 43.4. The Labute approximate surface area is 396 Å². The number of phosphoric ester groups is 1. The van der Waals surface area contributed by atoms with Crippen molar-refractivity contribution in [1.82, 2.24) is 5.32 Å². The van der Waals surface area contributed by atoms with E-state index in [4.69, 9.17) is 9.05 Å². The van der Waals surface area contributed by atoms with Crippen LogP contribution < -0.4 is 10.2 Å². The maximum absolute atomic E-state index is 12.9. The summed E-state index contributed by atoms with van der Waals surface area (Å²) in [6.07, 6.45) is 61.8. The second-order valence-corrected chi connectivity index (χ2v) is 20.6. The van der Waals surface area contributed by atoms with Crippen LogP contribution >= 0.6 is 7.82 Å². The van der Waals surface area contributed by atoms with E-state index in [0.717, 1.165) is 51.4 Å². The molecule has 64 heavy (non-hydrogen) atoms. The number of unbranched alkanes of at least 4 members (excludes halogenated alkanes) is 27. The molecule has 2 N–H and O–H groups in total. The number of aliphatic hydroxyl groups excluding tert-OH is 1. The maximum Gasteiger partial charge on any atom is 0.268 e. The smallest absolute Gasteiger partial charge is 0.268 e. The summed E-state index contributed by atoms with van der Waals surface area (Å²) in [5.74, 6) is -0.210. The van der Waals surface area contributed by atoms with Crippen LogP contribution in [0.15, 0.2) is 60.8 Å². The lowest BCUT2D eigenvalue weighted by atomic mass is 10.0. The number of nitrogens with one attached hydrogen (secondary N) is 1. The first-order valence-electron chi connectivity index (χ1n) is 26.7. The first-order valence-corrected chi connectivity index (χ1v) is 28.1. The van der Waals surface area contributed by atoms with Crippen molar-refractivity contribution < 1.29 is 32.9 Å². The average Bonchev–Trinajstić information content (AvgIpc) is 3.25. The predicted molar refractivity (Wildman–Crippen MR) is 274 cm³/mol. The summed E-state index contributed by atoms with van der Waals surface area (Å²) < 4.78 is 23.2. The lowest BCUT2D eigenvalue weighted by molar-refractivity contribution is -0.870. The number of rotatable bonds is 48. The molecule has 374 valence electrons. The molecule has 0 aliphatic carbocycles. The van der Waals surface area contributed by atoms with E-state index in [1.807, 2.05) is 27.2 Å². The van der Waals surface area contributed by atoms with E-state index in [0.29, 0.717) is 17.4 Å². The van der Waals surface area contributed by atoms with E-state index in [1.165, 1.54) is 161 Å². The molecular weight excluding hydrogens is 816 g/mol. The number of aliphatic hydroxyl groups is 1. The normalized spacial score (nSPS) is 14.5. The van der Waals surface area contributed by atoms with Crippen LogP contribution in [0.3, 0.4) is 0 Å². The van der Waals surface area contributed by atoms with E-state index in [2.05, 4.69) is 67.8 Å². The number of amides is 1. The number of phosphoric acid groups is 1. The van der Waals surface area contributed by atoms with Crippen molar-refractivity contribution in [3.05, 3.63) is 60.8 Å². The number of hydrogen-bond donors (Lipinski definition) is 2. The van der Waals surface area contributed by atoms with Gasteiger partial charge in [-0.3, -0.25) is 9.36 Å². The van der Waals surface area contributed by atoms with Gasteiger partial charge in [-0.25, -0.2) is 0 Å². The van der Waals surface area contributed by atoms with Crippen molar-refractivity contribution in [2.75, 3.05) is 40.9 Å². The summed E-state index contributed by atoms with van der Waals surface area (Å²) in [6.45, 7) is 4.56. The largest absolute Gasteiger partial charge is 0.756 e. The third-order valence-corrected chi connectivity index (χ3v) is 12.7. The van der Waals surface area contributed by atoms with E-state index in [1.54, 1.807) is 6.08 Å². The van der Waals surface area contributed by atoms with Crippen molar-refractivity contribution in [3.8, 4) is 0 Å². The fourth-order valence-electron chi connectivity index (χ4n) is 7.47. The van der Waals surface area contributed by atoms with E-state index < -0.39 is 26.6 Å². The van der Waals surface area contributed by atoms with E-state index in [9.17, 15) is 19.4 Å². The zero-order valence-electron chi connectivity index (χ0n) is 42.5. The molecule has 0 bridgehead atoms. The van der Waals surface area contributed by atoms with Crippen molar-refractivity contribution >= 4 is 13.7 Å². The molecule has 3 atom stereocenters. The Hall–Kier alpha value is -1.80. The van der Waals surface area contributed by atoms with Gasteiger partial charge in [0.1, 0.15) is 13.2 Å². The summed E-state index contributed by atoms with van der Waals surface area (Å²) in [5.41, 5.74) is 0. The fourth-order valence-corrected chi connectivity index (χ4v) is 8.19. The first kappa shape index (κ1) is 62.2. The number of likely N-dealkylation sites (N-methyl/N-ethyl adjacent to an activating group) is 1. The molecule has 0 aromatic heterocycles. The minimum atomic E-state index is -4.59. The molecule has 0 aliphatic rings. The summed E-state index contributed by atoms with van der Waals surface area (Å²) in [7, 11) is 1.24. The topological polar surface area (TPSA) is 108 Å². The Morgan fingerprint density at radius 3 is 1.41 bits per heavy atom. The minimum absolute atomic E-state index is 0.00741. The molecule has 0 fully saturated rings. The molecule has 9 heteroatoms. The van der Waals surface area contributed by atoms with Gasteiger partial charge in [-0.05, 0) is 70.6 Å².